The maximum atomic E-state index is 11.9. The molecule has 0 bridgehead atoms. The Morgan fingerprint density at radius 1 is 1.36 bits per heavy atom. The summed E-state index contributed by atoms with van der Waals surface area (Å²) in [4.78, 5) is 23.4. The quantitative estimate of drug-likeness (QED) is 0.447. The Bertz CT molecular complexity index is 783. The van der Waals surface area contributed by atoms with Crippen LogP contribution in [-0.2, 0) is 14.1 Å². The van der Waals surface area contributed by atoms with Gasteiger partial charge >= 0.3 is 5.69 Å². The minimum Gasteiger partial charge on any atom is -0.631 e. The Kier molecular flexibility index (Phi) is 5.72. The maximum absolute atomic E-state index is 11.9. The lowest BCUT2D eigenvalue weighted by Crippen LogP contribution is -2.74. The maximum Gasteiger partial charge on any atom is 0.333 e. The number of quaternary nitrogens is 1. The fourth-order valence-electron chi connectivity index (χ4n) is 1.40. The molecule has 3 N–H and O–H groups in total. The number of rotatable bonds is 5. The van der Waals surface area contributed by atoms with Gasteiger partial charge in [0.05, 0.1) is 5.70 Å². The SMILES string of the molecule is C=C(/C=C\C=C(\C)[NH2+][O-])N=Nc1c(O)n(C)c(=O)n(C)c1=O. The molecular formula is C13H17N5O4. The molecule has 22 heavy (non-hydrogen) atoms. The second kappa shape index (κ2) is 7.29. The molecule has 0 saturated carbocycles. The fraction of sp³-hybridized carbons (Fsp3) is 0.231. The molecule has 118 valence electrons. The molecular weight excluding hydrogens is 290 g/mol. The molecule has 0 atom stereocenters. The van der Waals surface area contributed by atoms with Crippen LogP contribution in [0.5, 0.6) is 5.88 Å². The molecule has 0 aliphatic rings. The summed E-state index contributed by atoms with van der Waals surface area (Å²) in [5.74, 6) is -0.578. The van der Waals surface area contributed by atoms with E-state index in [1.54, 1.807) is 19.1 Å². The topological polar surface area (TPSA) is 129 Å². The van der Waals surface area contributed by atoms with Crippen LogP contribution in [0.4, 0.5) is 5.69 Å². The highest BCUT2D eigenvalue weighted by Gasteiger charge is 2.14. The second-order valence-electron chi connectivity index (χ2n) is 4.46. The molecule has 0 amide bonds. The van der Waals surface area contributed by atoms with Gasteiger partial charge in [0, 0.05) is 21.0 Å². The Labute approximate surface area is 125 Å². The van der Waals surface area contributed by atoms with Gasteiger partial charge in [0.15, 0.2) is 0 Å². The molecule has 0 unspecified atom stereocenters. The Morgan fingerprint density at radius 3 is 2.59 bits per heavy atom. The summed E-state index contributed by atoms with van der Waals surface area (Å²) in [6.45, 7) is 5.22. The minimum absolute atomic E-state index is 0.199. The number of azo groups is 1. The first-order valence-electron chi connectivity index (χ1n) is 6.19. The van der Waals surface area contributed by atoms with Crippen molar-refractivity contribution < 1.29 is 10.6 Å². The largest absolute Gasteiger partial charge is 0.631 e. The highest BCUT2D eigenvalue weighted by Crippen LogP contribution is 2.19. The standard InChI is InChI=1S/C13H17N5O4/c1-8(6-5-7-9(2)16-22)14-15-10-11(19)17(3)13(21)18(4)12(10)20/h5-7,19H,1,16H2,2-4H3/b6-5-,9-7-,15-14?. The lowest BCUT2D eigenvalue weighted by molar-refractivity contribution is -0.535. The number of hydrogen-bond acceptors (Lipinski definition) is 6. The van der Waals surface area contributed by atoms with Crippen LogP contribution < -0.4 is 16.7 Å². The van der Waals surface area contributed by atoms with Crippen LogP contribution in [-0.4, -0.2) is 14.2 Å². The summed E-state index contributed by atoms with van der Waals surface area (Å²) < 4.78 is 1.69. The zero-order valence-corrected chi connectivity index (χ0v) is 12.5. The third-order valence-electron chi connectivity index (χ3n) is 2.72. The van der Waals surface area contributed by atoms with Gasteiger partial charge in [-0.25, -0.2) is 4.79 Å². The van der Waals surface area contributed by atoms with Crippen molar-refractivity contribution in [2.24, 2.45) is 24.3 Å². The van der Waals surface area contributed by atoms with Crippen molar-refractivity contribution in [3.63, 3.8) is 0 Å². The van der Waals surface area contributed by atoms with E-state index in [-0.39, 0.29) is 11.4 Å². The number of aromatic hydroxyl groups is 1. The highest BCUT2D eigenvalue weighted by molar-refractivity contribution is 5.43. The highest BCUT2D eigenvalue weighted by atomic mass is 16.5. The van der Waals surface area contributed by atoms with Gasteiger partial charge in [0.25, 0.3) is 5.56 Å². The van der Waals surface area contributed by atoms with Gasteiger partial charge in [-0.3, -0.25) is 13.9 Å². The summed E-state index contributed by atoms with van der Waals surface area (Å²) in [7, 11) is 2.57. The molecule has 1 heterocycles. The lowest BCUT2D eigenvalue weighted by atomic mass is 10.3. The Morgan fingerprint density at radius 2 is 2.00 bits per heavy atom. The van der Waals surface area contributed by atoms with Gasteiger partial charge in [0.2, 0.25) is 11.6 Å². The average Bonchev–Trinajstić information content (AvgIpc) is 2.50. The zero-order chi connectivity index (χ0) is 16.9. The van der Waals surface area contributed by atoms with E-state index in [1.807, 2.05) is 0 Å². The molecule has 1 aromatic heterocycles. The van der Waals surface area contributed by atoms with E-state index in [0.717, 1.165) is 9.13 Å². The first kappa shape index (κ1) is 17.3. The number of nitrogens with zero attached hydrogens (tertiary/aromatic N) is 4. The van der Waals surface area contributed by atoms with Gasteiger partial charge in [-0.05, 0) is 12.2 Å². The van der Waals surface area contributed by atoms with Crippen molar-refractivity contribution in [1.29, 1.82) is 0 Å². The van der Waals surface area contributed by atoms with Gasteiger partial charge in [-0.15, -0.1) is 5.11 Å². The van der Waals surface area contributed by atoms with Gasteiger partial charge in [-0.2, -0.15) is 5.11 Å². The molecule has 1 aromatic rings. The number of hydrogen-bond donors (Lipinski definition) is 2. The Hall–Kier alpha value is -2.78. The predicted octanol–water partition coefficient (Wildman–Crippen LogP) is -0.0918. The minimum atomic E-state index is -0.766. The number of hydroxylamine groups is 1. The van der Waals surface area contributed by atoms with Crippen molar-refractivity contribution in [1.82, 2.24) is 9.13 Å². The smallest absolute Gasteiger partial charge is 0.333 e. The van der Waals surface area contributed by atoms with Crippen LogP contribution in [0.3, 0.4) is 0 Å². The molecule has 0 spiro atoms. The summed E-state index contributed by atoms with van der Waals surface area (Å²) in [5.41, 5.74) is -0.386. The van der Waals surface area contributed by atoms with E-state index in [2.05, 4.69) is 16.8 Å². The van der Waals surface area contributed by atoms with Crippen LogP contribution in [0.2, 0.25) is 0 Å². The van der Waals surface area contributed by atoms with E-state index in [0.29, 0.717) is 11.2 Å². The van der Waals surface area contributed by atoms with E-state index >= 15 is 0 Å². The molecule has 9 nitrogen and oxygen atoms in total. The van der Waals surface area contributed by atoms with E-state index in [4.69, 9.17) is 0 Å². The molecule has 0 fully saturated rings. The van der Waals surface area contributed by atoms with Gasteiger partial charge in [0.1, 0.15) is 5.70 Å². The second-order valence-corrected chi connectivity index (χ2v) is 4.46. The monoisotopic (exact) mass is 307 g/mol. The summed E-state index contributed by atoms with van der Waals surface area (Å²) >= 11 is 0. The van der Waals surface area contributed by atoms with Crippen LogP contribution in [0.1, 0.15) is 6.92 Å². The zero-order valence-electron chi connectivity index (χ0n) is 12.5. The van der Waals surface area contributed by atoms with Crippen molar-refractivity contribution in [3.8, 4) is 5.88 Å². The third kappa shape index (κ3) is 3.87. The molecule has 0 aliphatic carbocycles. The third-order valence-corrected chi connectivity index (χ3v) is 2.72. The molecule has 0 aromatic carbocycles. The first-order chi connectivity index (χ1) is 10.3. The molecule has 0 saturated heterocycles. The summed E-state index contributed by atoms with van der Waals surface area (Å²) in [6.07, 6.45) is 4.57. The van der Waals surface area contributed by atoms with Crippen molar-refractivity contribution in [3.05, 3.63) is 62.2 Å². The van der Waals surface area contributed by atoms with Crippen molar-refractivity contribution in [2.45, 2.75) is 6.92 Å². The molecule has 0 radical (unpaired) electrons. The summed E-state index contributed by atoms with van der Waals surface area (Å²) in [6, 6.07) is 0. The van der Waals surface area contributed by atoms with Crippen LogP contribution in [0, 0.1) is 5.21 Å². The fourth-order valence-corrected chi connectivity index (χ4v) is 1.40. The van der Waals surface area contributed by atoms with E-state index in [1.165, 1.54) is 20.2 Å². The lowest BCUT2D eigenvalue weighted by Gasteiger charge is -2.05. The molecule has 9 heteroatoms. The van der Waals surface area contributed by atoms with Crippen LogP contribution >= 0.6 is 0 Å². The molecule has 1 rings (SSSR count). The van der Waals surface area contributed by atoms with Crippen LogP contribution in [0.15, 0.2) is 56.0 Å². The first-order valence-corrected chi connectivity index (χ1v) is 6.19. The number of aromatic nitrogens is 2. The van der Waals surface area contributed by atoms with Crippen molar-refractivity contribution >= 4 is 5.69 Å². The molecule has 0 aliphatic heterocycles. The average molecular weight is 307 g/mol. The van der Waals surface area contributed by atoms with Crippen LogP contribution in [0.25, 0.3) is 0 Å². The van der Waals surface area contributed by atoms with Crippen molar-refractivity contribution in [2.75, 3.05) is 0 Å². The number of nitrogens with two attached hydrogens (primary N) is 1. The van der Waals surface area contributed by atoms with Gasteiger partial charge < -0.3 is 15.8 Å². The normalized spacial score (nSPS) is 12.5. The van der Waals surface area contributed by atoms with E-state index < -0.39 is 17.1 Å². The number of allylic oxidation sites excluding steroid dienone is 4. The van der Waals surface area contributed by atoms with E-state index in [9.17, 15) is 19.9 Å². The van der Waals surface area contributed by atoms with Gasteiger partial charge in [-0.1, -0.05) is 12.7 Å². The Balaban J connectivity index is 3.09. The summed E-state index contributed by atoms with van der Waals surface area (Å²) in [5, 5.41) is 27.5. The predicted molar refractivity (Wildman–Crippen MR) is 80.4 cm³/mol.